The Kier molecular flexibility index (Phi) is 5.33. The molecule has 0 atom stereocenters. The van der Waals surface area contributed by atoms with E-state index < -0.39 is 0 Å². The van der Waals surface area contributed by atoms with Gasteiger partial charge in [0.25, 0.3) is 0 Å². The van der Waals surface area contributed by atoms with Gasteiger partial charge in [0.05, 0.1) is 11.7 Å². The van der Waals surface area contributed by atoms with Crippen molar-refractivity contribution in [2.45, 2.75) is 34.2 Å². The molecule has 8 heteroatoms. The van der Waals surface area contributed by atoms with E-state index in [9.17, 15) is 14.9 Å². The Morgan fingerprint density at radius 3 is 2.50 bits per heavy atom. The van der Waals surface area contributed by atoms with E-state index in [-0.39, 0.29) is 29.3 Å². The SMILES string of the molecule is Cc1cc(-n2ncc(C#N)c2NC(=O)Cn2c(C)cc(=O)cc2C)nc2c(C)cccc12. The number of anilines is 1. The van der Waals surface area contributed by atoms with Crippen LogP contribution >= 0.6 is 0 Å². The fourth-order valence-corrected chi connectivity index (χ4v) is 3.83. The second-order valence-corrected chi connectivity index (χ2v) is 7.81. The summed E-state index contributed by atoms with van der Waals surface area (Å²) in [5, 5.41) is 17.7. The summed E-state index contributed by atoms with van der Waals surface area (Å²) in [6, 6.07) is 12.9. The van der Waals surface area contributed by atoms with Crippen LogP contribution in [0, 0.1) is 39.0 Å². The van der Waals surface area contributed by atoms with Crippen LogP contribution in [0.3, 0.4) is 0 Å². The average Bonchev–Trinajstić information content (AvgIpc) is 3.13. The number of rotatable bonds is 4. The molecule has 32 heavy (non-hydrogen) atoms. The van der Waals surface area contributed by atoms with Gasteiger partial charge in [0.15, 0.2) is 17.1 Å². The lowest BCUT2D eigenvalue weighted by atomic mass is 10.1. The molecule has 0 aliphatic heterocycles. The van der Waals surface area contributed by atoms with Crippen LogP contribution in [0.4, 0.5) is 5.82 Å². The second kappa shape index (κ2) is 8.12. The zero-order valence-electron chi connectivity index (χ0n) is 18.3. The quantitative estimate of drug-likeness (QED) is 0.539. The van der Waals surface area contributed by atoms with E-state index in [1.54, 1.807) is 18.4 Å². The molecule has 1 aromatic carbocycles. The number of carbonyl (C=O) groups excluding carboxylic acids is 1. The van der Waals surface area contributed by atoms with Crippen LogP contribution in [-0.4, -0.2) is 25.2 Å². The zero-order valence-corrected chi connectivity index (χ0v) is 18.3. The number of nitriles is 1. The summed E-state index contributed by atoms with van der Waals surface area (Å²) in [4.78, 5) is 29.3. The van der Waals surface area contributed by atoms with Crippen molar-refractivity contribution in [2.75, 3.05) is 5.32 Å². The minimum Gasteiger partial charge on any atom is -0.340 e. The summed E-state index contributed by atoms with van der Waals surface area (Å²) in [5.41, 5.74) is 4.37. The zero-order chi connectivity index (χ0) is 23.0. The van der Waals surface area contributed by atoms with Crippen molar-refractivity contribution in [3.8, 4) is 11.9 Å². The van der Waals surface area contributed by atoms with E-state index in [2.05, 4.69) is 16.5 Å². The van der Waals surface area contributed by atoms with Crippen LogP contribution in [-0.2, 0) is 11.3 Å². The molecule has 1 N–H and O–H groups in total. The first kappa shape index (κ1) is 21.0. The van der Waals surface area contributed by atoms with Gasteiger partial charge in [-0.15, -0.1) is 0 Å². The molecule has 0 unspecified atom stereocenters. The lowest BCUT2D eigenvalue weighted by molar-refractivity contribution is -0.116. The summed E-state index contributed by atoms with van der Waals surface area (Å²) in [6.07, 6.45) is 1.41. The van der Waals surface area contributed by atoms with Crippen LogP contribution in [0.5, 0.6) is 0 Å². The fraction of sp³-hybridized carbons (Fsp3) is 0.208. The number of hydrogen-bond donors (Lipinski definition) is 1. The van der Waals surface area contributed by atoms with Gasteiger partial charge in [-0.1, -0.05) is 18.2 Å². The van der Waals surface area contributed by atoms with Gasteiger partial charge in [-0.2, -0.15) is 15.0 Å². The van der Waals surface area contributed by atoms with E-state index in [4.69, 9.17) is 4.98 Å². The molecule has 4 aromatic rings. The molecule has 0 radical (unpaired) electrons. The second-order valence-electron chi connectivity index (χ2n) is 7.81. The Morgan fingerprint density at radius 1 is 1.09 bits per heavy atom. The van der Waals surface area contributed by atoms with Crippen LogP contribution in [0.15, 0.2) is 47.4 Å². The largest absolute Gasteiger partial charge is 0.340 e. The van der Waals surface area contributed by atoms with E-state index in [0.29, 0.717) is 17.2 Å². The molecule has 0 bridgehead atoms. The Balaban J connectivity index is 1.73. The minimum absolute atomic E-state index is 0.00270. The molecule has 0 aliphatic carbocycles. The number of aryl methyl sites for hydroxylation is 4. The number of fused-ring (bicyclic) bond motifs is 1. The highest BCUT2D eigenvalue weighted by Gasteiger charge is 2.18. The van der Waals surface area contributed by atoms with Crippen molar-refractivity contribution < 1.29 is 4.79 Å². The third-order valence-corrected chi connectivity index (χ3v) is 5.45. The highest BCUT2D eigenvalue weighted by Crippen LogP contribution is 2.25. The highest BCUT2D eigenvalue weighted by atomic mass is 16.2. The van der Waals surface area contributed by atoms with E-state index in [1.165, 1.54) is 23.0 Å². The van der Waals surface area contributed by atoms with Crippen molar-refractivity contribution in [3.63, 3.8) is 0 Å². The van der Waals surface area contributed by atoms with Gasteiger partial charge < -0.3 is 9.88 Å². The molecule has 0 saturated heterocycles. The first-order valence-electron chi connectivity index (χ1n) is 10.1. The molecule has 1 amide bonds. The third-order valence-electron chi connectivity index (χ3n) is 5.45. The van der Waals surface area contributed by atoms with Crippen molar-refractivity contribution >= 4 is 22.6 Å². The maximum atomic E-state index is 12.9. The Morgan fingerprint density at radius 2 is 1.81 bits per heavy atom. The van der Waals surface area contributed by atoms with Gasteiger partial charge in [-0.05, 0) is 44.9 Å². The van der Waals surface area contributed by atoms with Gasteiger partial charge >= 0.3 is 0 Å². The summed E-state index contributed by atoms with van der Waals surface area (Å²) in [7, 11) is 0. The molecule has 0 fully saturated rings. The number of pyridine rings is 2. The molecule has 160 valence electrons. The summed E-state index contributed by atoms with van der Waals surface area (Å²) >= 11 is 0. The lowest BCUT2D eigenvalue weighted by Gasteiger charge is -2.15. The van der Waals surface area contributed by atoms with Crippen LogP contribution in [0.1, 0.15) is 28.1 Å². The molecule has 8 nitrogen and oxygen atoms in total. The van der Waals surface area contributed by atoms with Gasteiger partial charge in [0, 0.05) is 28.9 Å². The molecule has 4 rings (SSSR count). The molecular weight excluding hydrogens is 404 g/mol. The van der Waals surface area contributed by atoms with Crippen molar-refractivity contribution in [3.05, 3.63) is 80.9 Å². The number of benzene rings is 1. The Hall–Kier alpha value is -4.25. The summed E-state index contributed by atoms with van der Waals surface area (Å²) < 4.78 is 3.21. The van der Waals surface area contributed by atoms with Crippen LogP contribution < -0.4 is 10.7 Å². The third kappa shape index (κ3) is 3.76. The van der Waals surface area contributed by atoms with Crippen molar-refractivity contribution in [1.29, 1.82) is 5.26 Å². The number of amides is 1. The summed E-state index contributed by atoms with van der Waals surface area (Å²) in [6.45, 7) is 7.52. The fourth-order valence-electron chi connectivity index (χ4n) is 3.83. The highest BCUT2D eigenvalue weighted by molar-refractivity contribution is 5.91. The maximum absolute atomic E-state index is 12.9. The van der Waals surface area contributed by atoms with Gasteiger partial charge in [-0.25, -0.2) is 4.98 Å². The molecule has 3 aromatic heterocycles. The van der Waals surface area contributed by atoms with Crippen molar-refractivity contribution in [1.82, 2.24) is 19.3 Å². The Labute approximate surface area is 184 Å². The smallest absolute Gasteiger partial charge is 0.245 e. The van der Waals surface area contributed by atoms with E-state index in [0.717, 1.165) is 22.0 Å². The topological polar surface area (TPSA) is 106 Å². The maximum Gasteiger partial charge on any atom is 0.245 e. The van der Waals surface area contributed by atoms with E-state index >= 15 is 0 Å². The molecule has 0 saturated carbocycles. The minimum atomic E-state index is -0.341. The number of nitrogens with zero attached hydrogens (tertiary/aromatic N) is 5. The van der Waals surface area contributed by atoms with Crippen molar-refractivity contribution in [2.24, 2.45) is 0 Å². The number of para-hydroxylation sites is 1. The predicted molar refractivity (Wildman–Crippen MR) is 122 cm³/mol. The monoisotopic (exact) mass is 426 g/mol. The normalized spacial score (nSPS) is 10.8. The molecular formula is C24H22N6O2. The van der Waals surface area contributed by atoms with Gasteiger partial charge in [0.2, 0.25) is 5.91 Å². The number of carbonyl (C=O) groups is 1. The first-order chi connectivity index (χ1) is 15.3. The molecule has 3 heterocycles. The predicted octanol–water partition coefficient (Wildman–Crippen LogP) is 3.33. The lowest BCUT2D eigenvalue weighted by Crippen LogP contribution is -2.24. The standard InChI is InChI=1S/C24H22N6O2/c1-14-6-5-7-20-15(2)8-21(27-23(14)20)30-24(18(11-25)12-26-30)28-22(32)13-29-16(3)9-19(31)10-17(29)4/h5-10,12H,13H2,1-4H3,(H,28,32). The van der Waals surface area contributed by atoms with E-state index in [1.807, 2.05) is 38.1 Å². The van der Waals surface area contributed by atoms with Crippen LogP contribution in [0.25, 0.3) is 16.7 Å². The number of nitrogens with one attached hydrogen (secondary N) is 1. The summed E-state index contributed by atoms with van der Waals surface area (Å²) in [5.74, 6) is 0.428. The Bertz CT molecular complexity index is 1450. The average molecular weight is 426 g/mol. The molecule has 0 spiro atoms. The number of hydrogen-bond acceptors (Lipinski definition) is 5. The van der Waals surface area contributed by atoms with Crippen LogP contribution in [0.2, 0.25) is 0 Å². The van der Waals surface area contributed by atoms with Gasteiger partial charge in [0.1, 0.15) is 18.2 Å². The number of aromatic nitrogens is 4. The first-order valence-corrected chi connectivity index (χ1v) is 10.1. The molecule has 0 aliphatic rings. The van der Waals surface area contributed by atoms with Gasteiger partial charge in [-0.3, -0.25) is 9.59 Å².